The molecule has 5 heteroatoms. The molecule has 100 valence electrons. The van der Waals surface area contributed by atoms with Gasteiger partial charge in [-0.15, -0.1) is 0 Å². The third-order valence-electron chi connectivity index (χ3n) is 5.80. The molecule has 3 aliphatic rings. The average molecular weight is 269 g/mol. The Labute approximate surface area is 108 Å². The Morgan fingerprint density at radius 2 is 2.11 bits per heavy atom. The van der Waals surface area contributed by atoms with E-state index >= 15 is 0 Å². The van der Waals surface area contributed by atoms with E-state index in [9.17, 15) is 13.2 Å². The van der Waals surface area contributed by atoms with E-state index in [1.807, 2.05) is 0 Å². The van der Waals surface area contributed by atoms with E-state index < -0.39 is 15.9 Å². The molecule has 1 saturated heterocycles. The predicted molar refractivity (Wildman–Crippen MR) is 68.2 cm³/mol. The summed E-state index contributed by atoms with van der Waals surface area (Å²) >= 11 is 0. The Kier molecular flexibility index (Phi) is 2.16. The third kappa shape index (κ3) is 1.12. The fourth-order valence-electron chi connectivity index (χ4n) is 4.67. The first-order valence-corrected chi connectivity index (χ1v) is 8.06. The maximum atomic E-state index is 12.3. The van der Waals surface area contributed by atoms with Crippen LogP contribution >= 0.6 is 0 Å². The van der Waals surface area contributed by atoms with Crippen molar-refractivity contribution in [3.63, 3.8) is 0 Å². The van der Waals surface area contributed by atoms with E-state index in [4.69, 9.17) is 0 Å². The van der Waals surface area contributed by atoms with Gasteiger partial charge in [-0.25, -0.2) is 12.7 Å². The summed E-state index contributed by atoms with van der Waals surface area (Å²) in [7, 11) is -3.46. The third-order valence-corrected chi connectivity index (χ3v) is 7.72. The minimum atomic E-state index is -3.46. The van der Waals surface area contributed by atoms with Crippen LogP contribution in [0.1, 0.15) is 33.1 Å². The quantitative estimate of drug-likeness (QED) is 0.678. The van der Waals surface area contributed by atoms with Gasteiger partial charge >= 0.3 is 0 Å². The Morgan fingerprint density at radius 1 is 1.44 bits per heavy atom. The van der Waals surface area contributed by atoms with Crippen molar-refractivity contribution >= 4 is 15.9 Å². The molecule has 2 aliphatic carbocycles. The van der Waals surface area contributed by atoms with Crippen molar-refractivity contribution in [3.8, 4) is 0 Å². The zero-order chi connectivity index (χ0) is 13.3. The Balaban J connectivity index is 2.14. The van der Waals surface area contributed by atoms with Crippen LogP contribution in [0.5, 0.6) is 0 Å². The molecule has 0 N–H and O–H groups in total. The molecule has 18 heavy (non-hydrogen) atoms. The van der Waals surface area contributed by atoms with Gasteiger partial charge in [0.15, 0.2) is 0 Å². The van der Waals surface area contributed by atoms with E-state index in [2.05, 4.69) is 20.4 Å². The second-order valence-electron chi connectivity index (χ2n) is 6.46. The molecule has 1 spiro atoms. The van der Waals surface area contributed by atoms with Crippen LogP contribution < -0.4 is 0 Å². The highest BCUT2D eigenvalue weighted by Crippen LogP contribution is 2.69. The van der Waals surface area contributed by atoms with E-state index in [0.29, 0.717) is 5.92 Å². The lowest BCUT2D eigenvalue weighted by molar-refractivity contribution is -0.124. The summed E-state index contributed by atoms with van der Waals surface area (Å²) < 4.78 is 25.7. The molecule has 1 aliphatic heterocycles. The molecule has 0 radical (unpaired) electrons. The summed E-state index contributed by atoms with van der Waals surface area (Å²) in [6, 6.07) is -0.137. The second kappa shape index (κ2) is 3.18. The molecule has 2 bridgehead atoms. The number of fused-ring (bicyclic) bond motifs is 1. The van der Waals surface area contributed by atoms with E-state index in [-0.39, 0.29) is 22.6 Å². The fraction of sp³-hybridized carbons (Fsp3) is 0.769. The maximum absolute atomic E-state index is 12.3. The molecule has 4 nitrogen and oxygen atoms in total. The largest absolute Gasteiger partial charge is 0.269 e. The van der Waals surface area contributed by atoms with Gasteiger partial charge in [0.25, 0.3) is 5.91 Å². The van der Waals surface area contributed by atoms with E-state index in [0.717, 1.165) is 29.6 Å². The number of nitrogens with zero attached hydrogens (tertiary/aromatic N) is 1. The van der Waals surface area contributed by atoms with Crippen molar-refractivity contribution in [2.45, 2.75) is 39.2 Å². The molecule has 2 saturated carbocycles. The maximum Gasteiger partial charge on any atom is 0.259 e. The van der Waals surface area contributed by atoms with Crippen molar-refractivity contribution in [1.29, 1.82) is 0 Å². The fourth-order valence-corrected chi connectivity index (χ4v) is 7.19. The zero-order valence-corrected chi connectivity index (χ0v) is 11.7. The first-order chi connectivity index (χ1) is 8.26. The molecule has 3 rings (SSSR count). The number of sulfonamides is 1. The van der Waals surface area contributed by atoms with Crippen LogP contribution in [0, 0.1) is 16.7 Å². The number of carbonyl (C=O) groups excluding carboxylic acids is 1. The first-order valence-electron chi connectivity index (χ1n) is 6.45. The summed E-state index contributed by atoms with van der Waals surface area (Å²) in [6.07, 6.45) is 3.96. The average Bonchev–Trinajstić information content (AvgIpc) is 2.74. The highest BCUT2D eigenvalue weighted by Gasteiger charge is 2.72. The van der Waals surface area contributed by atoms with E-state index in [1.165, 1.54) is 0 Å². The SMILES string of the molecule is C=CC(=O)N1[C@H]2C[C@@H]3CC[C@@]2(CS1(=O)=O)C3(C)C. The molecule has 0 aromatic rings. The van der Waals surface area contributed by atoms with Crippen LogP contribution in [-0.2, 0) is 14.8 Å². The van der Waals surface area contributed by atoms with Crippen LogP contribution in [-0.4, -0.2) is 30.4 Å². The van der Waals surface area contributed by atoms with Crippen LogP contribution in [0.15, 0.2) is 12.7 Å². The van der Waals surface area contributed by atoms with Gasteiger partial charge in [-0.1, -0.05) is 20.4 Å². The molecule has 1 amide bonds. The van der Waals surface area contributed by atoms with Gasteiger partial charge in [-0.05, 0) is 36.7 Å². The Hall–Kier alpha value is -0.840. The van der Waals surface area contributed by atoms with Gasteiger partial charge in [-0.2, -0.15) is 0 Å². The number of hydrogen-bond donors (Lipinski definition) is 0. The van der Waals surface area contributed by atoms with Crippen LogP contribution in [0.25, 0.3) is 0 Å². The summed E-state index contributed by atoms with van der Waals surface area (Å²) in [5, 5.41) is 0. The summed E-state index contributed by atoms with van der Waals surface area (Å²) in [5.41, 5.74) is -0.212. The van der Waals surface area contributed by atoms with Crippen molar-refractivity contribution in [2.24, 2.45) is 16.7 Å². The van der Waals surface area contributed by atoms with Crippen LogP contribution in [0.4, 0.5) is 0 Å². The van der Waals surface area contributed by atoms with Crippen molar-refractivity contribution in [1.82, 2.24) is 4.31 Å². The topological polar surface area (TPSA) is 54.5 Å². The van der Waals surface area contributed by atoms with Crippen molar-refractivity contribution in [2.75, 3.05) is 5.75 Å². The number of carbonyl (C=O) groups is 1. The number of hydrogen-bond acceptors (Lipinski definition) is 3. The number of rotatable bonds is 1. The lowest BCUT2D eigenvalue weighted by Gasteiger charge is -2.36. The minimum absolute atomic E-state index is 0.0148. The Bertz CT molecular complexity index is 536. The lowest BCUT2D eigenvalue weighted by atomic mass is 9.69. The van der Waals surface area contributed by atoms with Crippen LogP contribution in [0.2, 0.25) is 0 Å². The predicted octanol–water partition coefficient (Wildman–Crippen LogP) is 1.54. The standard InChI is InChI=1S/C13H19NO3S/c1-4-11(15)14-10-7-9-5-6-13(10,12(9,2)3)8-18(14,16)17/h4,9-10H,1,5-8H2,2-3H3/t9-,10-,13-/m0/s1. The van der Waals surface area contributed by atoms with Crippen molar-refractivity contribution < 1.29 is 13.2 Å². The molecular weight excluding hydrogens is 250 g/mol. The molecule has 3 fully saturated rings. The molecular formula is C13H19NO3S. The van der Waals surface area contributed by atoms with Gasteiger partial charge in [0.1, 0.15) is 0 Å². The van der Waals surface area contributed by atoms with Gasteiger partial charge in [0.05, 0.1) is 11.8 Å². The molecule has 0 aromatic heterocycles. The smallest absolute Gasteiger partial charge is 0.259 e. The monoisotopic (exact) mass is 269 g/mol. The molecule has 1 heterocycles. The van der Waals surface area contributed by atoms with E-state index in [1.54, 1.807) is 0 Å². The molecule has 0 aromatic carbocycles. The van der Waals surface area contributed by atoms with Gasteiger partial charge in [0.2, 0.25) is 10.0 Å². The summed E-state index contributed by atoms with van der Waals surface area (Å²) in [6.45, 7) is 7.76. The first kappa shape index (κ1) is 12.2. The highest BCUT2D eigenvalue weighted by molar-refractivity contribution is 7.90. The molecule has 0 unspecified atom stereocenters. The van der Waals surface area contributed by atoms with Gasteiger partial charge in [0, 0.05) is 5.41 Å². The number of amides is 1. The normalized spacial score (nSPS) is 42.9. The summed E-state index contributed by atoms with van der Waals surface area (Å²) in [4.78, 5) is 11.9. The second-order valence-corrected chi connectivity index (χ2v) is 8.31. The van der Waals surface area contributed by atoms with Crippen LogP contribution in [0.3, 0.4) is 0 Å². The summed E-state index contributed by atoms with van der Waals surface area (Å²) in [5.74, 6) is 0.214. The molecule has 3 atom stereocenters. The zero-order valence-electron chi connectivity index (χ0n) is 10.8. The van der Waals surface area contributed by atoms with Gasteiger partial charge < -0.3 is 0 Å². The van der Waals surface area contributed by atoms with Gasteiger partial charge in [-0.3, -0.25) is 4.79 Å². The Morgan fingerprint density at radius 3 is 2.67 bits per heavy atom. The lowest BCUT2D eigenvalue weighted by Crippen LogP contribution is -2.43. The highest BCUT2D eigenvalue weighted by atomic mass is 32.2. The van der Waals surface area contributed by atoms with Crippen molar-refractivity contribution in [3.05, 3.63) is 12.7 Å². The minimum Gasteiger partial charge on any atom is -0.269 e.